The molecule has 1 heterocycles. The molecular formula is C17H13NOS. The number of nitriles is 1. The Kier molecular flexibility index (Phi) is 3.33. The molecule has 0 fully saturated rings. The van der Waals surface area contributed by atoms with Crippen molar-refractivity contribution >= 4 is 17.5 Å². The van der Waals surface area contributed by atoms with E-state index >= 15 is 0 Å². The molecule has 0 amide bonds. The Bertz CT molecular complexity index is 690. The van der Waals surface area contributed by atoms with Crippen LogP contribution in [0.2, 0.25) is 0 Å². The summed E-state index contributed by atoms with van der Waals surface area (Å²) in [6.45, 7) is 0. The van der Waals surface area contributed by atoms with Gasteiger partial charge in [-0.15, -0.1) is 11.8 Å². The minimum Gasteiger partial charge on any atom is -0.291 e. The van der Waals surface area contributed by atoms with E-state index in [1.165, 1.54) is 11.8 Å². The molecule has 1 aliphatic rings. The first kappa shape index (κ1) is 13.0. The van der Waals surface area contributed by atoms with Crippen LogP contribution in [0.15, 0.2) is 54.6 Å². The Morgan fingerprint density at radius 1 is 1.10 bits per heavy atom. The maximum absolute atomic E-state index is 12.9. The van der Waals surface area contributed by atoms with Crippen molar-refractivity contribution in [1.82, 2.24) is 0 Å². The largest absolute Gasteiger partial charge is 0.291 e. The molecule has 1 aliphatic heterocycles. The van der Waals surface area contributed by atoms with Gasteiger partial charge >= 0.3 is 0 Å². The Morgan fingerprint density at radius 3 is 2.55 bits per heavy atom. The topological polar surface area (TPSA) is 40.9 Å². The van der Waals surface area contributed by atoms with E-state index in [1.807, 2.05) is 42.5 Å². The van der Waals surface area contributed by atoms with Crippen LogP contribution in [0.4, 0.5) is 0 Å². The van der Waals surface area contributed by atoms with Crippen molar-refractivity contribution in [2.45, 2.75) is 11.2 Å². The third-order valence-electron chi connectivity index (χ3n) is 3.60. The molecule has 2 aromatic carbocycles. The SMILES string of the molecule is N#CC1(C(=O)c2ccccc2)SCCc2ccccc21. The molecule has 1 atom stereocenters. The molecule has 98 valence electrons. The van der Waals surface area contributed by atoms with Gasteiger partial charge in [-0.3, -0.25) is 4.79 Å². The lowest BCUT2D eigenvalue weighted by Gasteiger charge is -2.31. The second-order valence-corrected chi connectivity index (χ2v) is 6.05. The van der Waals surface area contributed by atoms with Gasteiger partial charge in [0.2, 0.25) is 0 Å². The number of fused-ring (bicyclic) bond motifs is 1. The second kappa shape index (κ2) is 5.15. The highest BCUT2D eigenvalue weighted by molar-refractivity contribution is 8.01. The van der Waals surface area contributed by atoms with Crippen molar-refractivity contribution in [2.24, 2.45) is 0 Å². The van der Waals surface area contributed by atoms with E-state index in [-0.39, 0.29) is 5.78 Å². The van der Waals surface area contributed by atoms with E-state index < -0.39 is 4.75 Å². The van der Waals surface area contributed by atoms with E-state index in [9.17, 15) is 10.1 Å². The average molecular weight is 279 g/mol. The lowest BCUT2D eigenvalue weighted by atomic mass is 9.86. The number of hydrogen-bond donors (Lipinski definition) is 0. The Balaban J connectivity index is 2.15. The molecule has 0 aliphatic carbocycles. The maximum atomic E-state index is 12.9. The van der Waals surface area contributed by atoms with Crippen molar-refractivity contribution in [3.63, 3.8) is 0 Å². The highest BCUT2D eigenvalue weighted by atomic mass is 32.2. The molecular weight excluding hydrogens is 266 g/mol. The monoisotopic (exact) mass is 279 g/mol. The number of hydrogen-bond acceptors (Lipinski definition) is 3. The lowest BCUT2D eigenvalue weighted by Crippen LogP contribution is -2.35. The summed E-state index contributed by atoms with van der Waals surface area (Å²) in [6.07, 6.45) is 0.909. The molecule has 0 aromatic heterocycles. The molecule has 2 nitrogen and oxygen atoms in total. The van der Waals surface area contributed by atoms with Crippen LogP contribution < -0.4 is 0 Å². The fourth-order valence-electron chi connectivity index (χ4n) is 2.60. The molecule has 0 saturated carbocycles. The number of thioether (sulfide) groups is 1. The van der Waals surface area contributed by atoms with Crippen LogP contribution in [0.5, 0.6) is 0 Å². The standard InChI is InChI=1S/C17H13NOS/c18-12-17(16(19)14-7-2-1-3-8-14)15-9-5-4-6-13(15)10-11-20-17/h1-9H,10-11H2. The molecule has 0 saturated heterocycles. The van der Waals surface area contributed by atoms with Crippen molar-refractivity contribution in [3.05, 3.63) is 71.3 Å². The summed E-state index contributed by atoms with van der Waals surface area (Å²) in [5.41, 5.74) is 2.56. The van der Waals surface area contributed by atoms with Crippen molar-refractivity contribution < 1.29 is 4.79 Å². The van der Waals surface area contributed by atoms with Crippen LogP contribution in [0.3, 0.4) is 0 Å². The minimum atomic E-state index is -1.10. The number of ketones is 1. The molecule has 2 aromatic rings. The molecule has 1 unspecified atom stereocenters. The van der Waals surface area contributed by atoms with Crippen LogP contribution in [-0.2, 0) is 11.2 Å². The van der Waals surface area contributed by atoms with Crippen molar-refractivity contribution in [2.75, 3.05) is 5.75 Å². The molecule has 3 rings (SSSR count). The highest BCUT2D eigenvalue weighted by Crippen LogP contribution is 2.44. The van der Waals surface area contributed by atoms with Crippen LogP contribution in [0, 0.1) is 11.3 Å². The minimum absolute atomic E-state index is 0.113. The van der Waals surface area contributed by atoms with Crippen molar-refractivity contribution in [1.29, 1.82) is 5.26 Å². The van der Waals surface area contributed by atoms with Crippen LogP contribution in [0.25, 0.3) is 0 Å². The number of carbonyl (C=O) groups excluding carboxylic acids is 1. The smallest absolute Gasteiger partial charge is 0.197 e. The van der Waals surface area contributed by atoms with E-state index in [2.05, 4.69) is 6.07 Å². The predicted octanol–water partition coefficient (Wildman–Crippen LogP) is 3.58. The zero-order chi connectivity index (χ0) is 14.0. The number of carbonyl (C=O) groups is 1. The summed E-state index contributed by atoms with van der Waals surface area (Å²) in [6, 6.07) is 19.2. The quantitative estimate of drug-likeness (QED) is 0.789. The number of benzene rings is 2. The fourth-order valence-corrected chi connectivity index (χ4v) is 3.89. The van der Waals surface area contributed by atoms with Crippen molar-refractivity contribution in [3.8, 4) is 6.07 Å². The van der Waals surface area contributed by atoms with E-state index in [1.54, 1.807) is 12.1 Å². The molecule has 0 radical (unpaired) electrons. The molecule has 0 N–H and O–H groups in total. The zero-order valence-electron chi connectivity index (χ0n) is 10.9. The van der Waals surface area contributed by atoms with Gasteiger partial charge in [0.15, 0.2) is 10.5 Å². The van der Waals surface area contributed by atoms with E-state index in [4.69, 9.17) is 0 Å². The van der Waals surface area contributed by atoms with Gasteiger partial charge in [0.1, 0.15) is 0 Å². The van der Waals surface area contributed by atoms with E-state index in [0.717, 1.165) is 23.3 Å². The summed E-state index contributed by atoms with van der Waals surface area (Å²) >= 11 is 1.45. The number of Topliss-reactive ketones (excluding diaryl/α,β-unsaturated/α-hetero) is 1. The van der Waals surface area contributed by atoms with Gasteiger partial charge in [-0.25, -0.2) is 0 Å². The van der Waals surface area contributed by atoms with Gasteiger partial charge in [-0.1, -0.05) is 54.6 Å². The molecule has 0 bridgehead atoms. The highest BCUT2D eigenvalue weighted by Gasteiger charge is 2.44. The molecule has 3 heteroatoms. The summed E-state index contributed by atoms with van der Waals surface area (Å²) in [4.78, 5) is 12.9. The average Bonchev–Trinajstić information content (AvgIpc) is 2.54. The summed E-state index contributed by atoms with van der Waals surface area (Å²) < 4.78 is -1.10. The lowest BCUT2D eigenvalue weighted by molar-refractivity contribution is 0.0964. The number of aryl methyl sites for hydroxylation is 1. The molecule has 20 heavy (non-hydrogen) atoms. The van der Waals surface area contributed by atoms with Crippen LogP contribution in [-0.4, -0.2) is 11.5 Å². The zero-order valence-corrected chi connectivity index (χ0v) is 11.7. The van der Waals surface area contributed by atoms with Crippen LogP contribution >= 0.6 is 11.8 Å². The number of rotatable bonds is 2. The van der Waals surface area contributed by atoms with Gasteiger partial charge < -0.3 is 0 Å². The normalized spacial score (nSPS) is 20.8. The molecule has 0 spiro atoms. The maximum Gasteiger partial charge on any atom is 0.197 e. The Labute approximate surface area is 122 Å². The summed E-state index contributed by atoms with van der Waals surface area (Å²) in [7, 11) is 0. The van der Waals surface area contributed by atoms with Gasteiger partial charge in [-0.2, -0.15) is 5.26 Å². The van der Waals surface area contributed by atoms with Gasteiger partial charge in [0, 0.05) is 5.56 Å². The Morgan fingerprint density at radius 2 is 1.80 bits per heavy atom. The second-order valence-electron chi connectivity index (χ2n) is 4.74. The Hall–Kier alpha value is -2.05. The van der Waals surface area contributed by atoms with E-state index in [0.29, 0.717) is 5.56 Å². The summed E-state index contributed by atoms with van der Waals surface area (Å²) in [5.74, 6) is 0.682. The van der Waals surface area contributed by atoms with Crippen LogP contribution in [0.1, 0.15) is 21.5 Å². The van der Waals surface area contributed by atoms with Gasteiger partial charge in [0.25, 0.3) is 0 Å². The third-order valence-corrected chi connectivity index (χ3v) is 4.94. The van der Waals surface area contributed by atoms with Gasteiger partial charge in [0.05, 0.1) is 6.07 Å². The number of nitrogens with zero attached hydrogens (tertiary/aromatic N) is 1. The first-order valence-electron chi connectivity index (χ1n) is 6.51. The summed E-state index contributed by atoms with van der Waals surface area (Å²) in [5, 5.41) is 9.73. The predicted molar refractivity (Wildman–Crippen MR) is 80.7 cm³/mol. The van der Waals surface area contributed by atoms with Gasteiger partial charge in [-0.05, 0) is 23.3 Å². The first-order valence-corrected chi connectivity index (χ1v) is 7.50. The third kappa shape index (κ3) is 1.93. The fraction of sp³-hybridized carbons (Fsp3) is 0.176. The first-order chi connectivity index (χ1) is 9.78.